The fraction of sp³-hybridized carbons (Fsp3) is 0.188. The third-order valence-corrected chi connectivity index (χ3v) is 3.56. The number of halogens is 2. The zero-order valence-electron chi connectivity index (χ0n) is 11.8. The first-order chi connectivity index (χ1) is 9.95. The molecule has 0 aliphatic carbocycles. The standard InChI is InChI=1S/C16H16Cl2N2O/c1-10(12-4-3-5-13(17)8-12)19-14-6-7-16(15(18)9-14)20-11(2)21/h3-10,19H,1-2H3,(H,20,21). The number of nitrogens with one attached hydrogen (secondary N) is 2. The third-order valence-electron chi connectivity index (χ3n) is 3.01. The number of carbonyl (C=O) groups is 1. The predicted molar refractivity (Wildman–Crippen MR) is 89.2 cm³/mol. The summed E-state index contributed by atoms with van der Waals surface area (Å²) >= 11 is 12.1. The molecule has 2 N–H and O–H groups in total. The van der Waals surface area contributed by atoms with Gasteiger partial charge < -0.3 is 10.6 Å². The van der Waals surface area contributed by atoms with Crippen LogP contribution in [0.25, 0.3) is 0 Å². The Labute approximate surface area is 134 Å². The Balaban J connectivity index is 2.12. The van der Waals surface area contributed by atoms with Gasteiger partial charge in [0.2, 0.25) is 5.91 Å². The molecule has 0 fully saturated rings. The first-order valence-corrected chi connectivity index (χ1v) is 7.30. The van der Waals surface area contributed by atoms with Gasteiger partial charge in [-0.1, -0.05) is 35.3 Å². The molecule has 0 aromatic heterocycles. The Bertz CT molecular complexity index is 658. The van der Waals surface area contributed by atoms with Crippen LogP contribution in [0.3, 0.4) is 0 Å². The van der Waals surface area contributed by atoms with Crippen LogP contribution < -0.4 is 10.6 Å². The van der Waals surface area contributed by atoms with E-state index in [1.54, 1.807) is 12.1 Å². The van der Waals surface area contributed by atoms with E-state index in [0.717, 1.165) is 11.3 Å². The van der Waals surface area contributed by atoms with Gasteiger partial charge in [0.05, 0.1) is 10.7 Å². The monoisotopic (exact) mass is 322 g/mol. The lowest BCUT2D eigenvalue weighted by Crippen LogP contribution is -2.08. The molecule has 1 amide bonds. The number of anilines is 2. The second kappa shape index (κ2) is 6.83. The van der Waals surface area contributed by atoms with Crippen LogP contribution in [-0.4, -0.2) is 5.91 Å². The van der Waals surface area contributed by atoms with Crippen molar-refractivity contribution in [1.29, 1.82) is 0 Å². The Morgan fingerprint density at radius 1 is 1.14 bits per heavy atom. The molecule has 1 unspecified atom stereocenters. The van der Waals surface area contributed by atoms with Crippen LogP contribution in [-0.2, 0) is 4.79 Å². The van der Waals surface area contributed by atoms with E-state index in [9.17, 15) is 4.79 Å². The highest BCUT2D eigenvalue weighted by Crippen LogP contribution is 2.28. The summed E-state index contributed by atoms with van der Waals surface area (Å²) in [5.41, 5.74) is 2.57. The van der Waals surface area contributed by atoms with E-state index in [2.05, 4.69) is 10.6 Å². The van der Waals surface area contributed by atoms with E-state index in [-0.39, 0.29) is 11.9 Å². The van der Waals surface area contributed by atoms with Crippen molar-refractivity contribution in [2.24, 2.45) is 0 Å². The lowest BCUT2D eigenvalue weighted by Gasteiger charge is -2.17. The van der Waals surface area contributed by atoms with Crippen molar-refractivity contribution in [3.05, 3.63) is 58.1 Å². The van der Waals surface area contributed by atoms with Crippen molar-refractivity contribution in [2.45, 2.75) is 19.9 Å². The van der Waals surface area contributed by atoms with Gasteiger partial charge in [-0.15, -0.1) is 0 Å². The smallest absolute Gasteiger partial charge is 0.221 e. The van der Waals surface area contributed by atoms with Gasteiger partial charge in [-0.25, -0.2) is 0 Å². The second-order valence-electron chi connectivity index (χ2n) is 4.80. The Hall–Kier alpha value is -1.71. The van der Waals surface area contributed by atoms with Crippen LogP contribution in [0, 0.1) is 0 Å². The lowest BCUT2D eigenvalue weighted by atomic mass is 10.1. The molecule has 0 aliphatic heterocycles. The van der Waals surface area contributed by atoms with Crippen molar-refractivity contribution in [3.63, 3.8) is 0 Å². The molecular formula is C16H16Cl2N2O. The van der Waals surface area contributed by atoms with E-state index < -0.39 is 0 Å². The van der Waals surface area contributed by atoms with E-state index in [4.69, 9.17) is 23.2 Å². The summed E-state index contributed by atoms with van der Waals surface area (Å²) in [7, 11) is 0. The van der Waals surface area contributed by atoms with Gasteiger partial charge in [0.15, 0.2) is 0 Å². The molecule has 2 aromatic rings. The number of carbonyl (C=O) groups excluding carboxylic acids is 1. The van der Waals surface area contributed by atoms with Crippen LogP contribution in [0.2, 0.25) is 10.0 Å². The molecule has 21 heavy (non-hydrogen) atoms. The van der Waals surface area contributed by atoms with Crippen molar-refractivity contribution < 1.29 is 4.79 Å². The van der Waals surface area contributed by atoms with E-state index in [1.807, 2.05) is 37.3 Å². The largest absolute Gasteiger partial charge is 0.378 e. The van der Waals surface area contributed by atoms with Gasteiger partial charge in [0.25, 0.3) is 0 Å². The lowest BCUT2D eigenvalue weighted by molar-refractivity contribution is -0.114. The minimum Gasteiger partial charge on any atom is -0.378 e. The predicted octanol–water partition coefficient (Wildman–Crippen LogP) is 5.12. The first kappa shape index (κ1) is 15.7. The summed E-state index contributed by atoms with van der Waals surface area (Å²) in [5.74, 6) is -0.148. The highest BCUT2D eigenvalue weighted by Gasteiger charge is 2.08. The maximum absolute atomic E-state index is 11.0. The molecule has 0 spiro atoms. The molecule has 0 heterocycles. The summed E-state index contributed by atoms with van der Waals surface area (Å²) in [6, 6.07) is 13.2. The molecule has 0 saturated carbocycles. The Morgan fingerprint density at radius 2 is 1.90 bits per heavy atom. The van der Waals surface area contributed by atoms with E-state index in [1.165, 1.54) is 6.92 Å². The molecular weight excluding hydrogens is 307 g/mol. The molecule has 2 aromatic carbocycles. The fourth-order valence-corrected chi connectivity index (χ4v) is 2.43. The second-order valence-corrected chi connectivity index (χ2v) is 5.64. The highest BCUT2D eigenvalue weighted by molar-refractivity contribution is 6.34. The summed E-state index contributed by atoms with van der Waals surface area (Å²) in [4.78, 5) is 11.0. The highest BCUT2D eigenvalue weighted by atomic mass is 35.5. The first-order valence-electron chi connectivity index (χ1n) is 6.55. The minimum atomic E-state index is -0.148. The number of hydrogen-bond acceptors (Lipinski definition) is 2. The number of amides is 1. The molecule has 3 nitrogen and oxygen atoms in total. The van der Waals surface area contributed by atoms with Crippen LogP contribution in [0.1, 0.15) is 25.5 Å². The van der Waals surface area contributed by atoms with Gasteiger partial charge in [0, 0.05) is 23.7 Å². The third kappa shape index (κ3) is 4.38. The normalized spacial score (nSPS) is 11.8. The molecule has 5 heteroatoms. The van der Waals surface area contributed by atoms with Gasteiger partial charge in [-0.3, -0.25) is 4.79 Å². The molecule has 0 radical (unpaired) electrons. The van der Waals surface area contributed by atoms with Crippen LogP contribution in [0.5, 0.6) is 0 Å². The molecule has 110 valence electrons. The summed E-state index contributed by atoms with van der Waals surface area (Å²) in [6.45, 7) is 3.49. The van der Waals surface area contributed by atoms with Gasteiger partial charge in [0.1, 0.15) is 0 Å². The van der Waals surface area contributed by atoms with E-state index in [0.29, 0.717) is 15.7 Å². The Morgan fingerprint density at radius 3 is 2.52 bits per heavy atom. The quantitative estimate of drug-likeness (QED) is 0.819. The van der Waals surface area contributed by atoms with Crippen LogP contribution in [0.4, 0.5) is 11.4 Å². The maximum Gasteiger partial charge on any atom is 0.221 e. The van der Waals surface area contributed by atoms with Crippen LogP contribution >= 0.6 is 23.2 Å². The fourth-order valence-electron chi connectivity index (χ4n) is 2.01. The molecule has 1 atom stereocenters. The van der Waals surface area contributed by atoms with Crippen molar-refractivity contribution in [1.82, 2.24) is 0 Å². The number of benzene rings is 2. The summed E-state index contributed by atoms with van der Waals surface area (Å²) in [5, 5.41) is 7.23. The SMILES string of the molecule is CC(=O)Nc1ccc(NC(C)c2cccc(Cl)c2)cc1Cl. The molecule has 0 bridgehead atoms. The zero-order valence-corrected chi connectivity index (χ0v) is 13.3. The number of rotatable bonds is 4. The van der Waals surface area contributed by atoms with Gasteiger partial charge >= 0.3 is 0 Å². The minimum absolute atomic E-state index is 0.0892. The van der Waals surface area contributed by atoms with Crippen molar-refractivity contribution in [3.8, 4) is 0 Å². The Kier molecular flexibility index (Phi) is 5.10. The zero-order chi connectivity index (χ0) is 15.4. The average Bonchev–Trinajstić information content (AvgIpc) is 2.41. The van der Waals surface area contributed by atoms with Crippen molar-refractivity contribution >= 4 is 40.5 Å². The van der Waals surface area contributed by atoms with Crippen LogP contribution in [0.15, 0.2) is 42.5 Å². The summed E-state index contributed by atoms with van der Waals surface area (Å²) < 4.78 is 0. The molecule has 0 saturated heterocycles. The van der Waals surface area contributed by atoms with Crippen molar-refractivity contribution in [2.75, 3.05) is 10.6 Å². The molecule has 0 aliphatic rings. The van der Waals surface area contributed by atoms with E-state index >= 15 is 0 Å². The van der Waals surface area contributed by atoms with Gasteiger partial charge in [-0.2, -0.15) is 0 Å². The number of hydrogen-bond donors (Lipinski definition) is 2. The average molecular weight is 323 g/mol. The maximum atomic E-state index is 11.0. The summed E-state index contributed by atoms with van der Waals surface area (Å²) in [6.07, 6.45) is 0. The van der Waals surface area contributed by atoms with Gasteiger partial charge in [-0.05, 0) is 42.8 Å². The topological polar surface area (TPSA) is 41.1 Å². The molecule has 2 rings (SSSR count).